The quantitative estimate of drug-likeness (QED) is 0.103. The van der Waals surface area contributed by atoms with Crippen molar-refractivity contribution < 1.29 is 46.8 Å². The lowest BCUT2D eigenvalue weighted by molar-refractivity contribution is -0.175. The van der Waals surface area contributed by atoms with E-state index in [2.05, 4.69) is 39.6 Å². The highest BCUT2D eigenvalue weighted by molar-refractivity contribution is 8.00. The largest absolute Gasteiger partial charge is 0.462 e. The Morgan fingerprint density at radius 3 is 2.06 bits per heavy atom. The fraction of sp³-hybridized carbons (Fsp3) is 0.645. The van der Waals surface area contributed by atoms with Crippen molar-refractivity contribution in [2.24, 2.45) is 0 Å². The summed E-state index contributed by atoms with van der Waals surface area (Å²) in [6.45, 7) is 13.4. The molecule has 2 saturated heterocycles. The molecule has 0 amide bonds. The molecule has 0 bridgehead atoms. The lowest BCUT2D eigenvalue weighted by atomic mass is 10.3. The minimum atomic E-state index is -1.53. The summed E-state index contributed by atoms with van der Waals surface area (Å²) in [4.78, 5) is 58.9. The van der Waals surface area contributed by atoms with Crippen LogP contribution in [0.15, 0.2) is 17.2 Å². The molecule has 2 aromatic rings. The molecule has 3 N–H and O–H groups in total. The van der Waals surface area contributed by atoms with Gasteiger partial charge < -0.3 is 34.4 Å². The minimum Gasteiger partial charge on any atom is -0.462 e. The molecule has 54 heavy (non-hydrogen) atoms. The Kier molecular flexibility index (Phi) is 23.5. The minimum absolute atomic E-state index is 0.0969. The fourth-order valence-electron chi connectivity index (χ4n) is 3.88. The molecule has 0 saturated carbocycles. The van der Waals surface area contributed by atoms with Crippen LogP contribution in [0.5, 0.6) is 0 Å². The Morgan fingerprint density at radius 2 is 1.54 bits per heavy atom. The summed E-state index contributed by atoms with van der Waals surface area (Å²) in [5.74, 6) is -0.551. The number of nitrogen functional groups attached to an aromatic ring is 1. The molecule has 0 radical (unpaired) electrons. The molecule has 2 unspecified atom stereocenters. The van der Waals surface area contributed by atoms with Crippen LogP contribution in [-0.2, 0) is 38.1 Å². The number of thioether (sulfide) groups is 2. The molecule has 2 aliphatic heterocycles. The third-order valence-corrected chi connectivity index (χ3v) is 9.19. The van der Waals surface area contributed by atoms with Crippen LogP contribution in [0.1, 0.15) is 58.5 Å². The highest BCUT2D eigenvalue weighted by atomic mass is 35.6. The fourth-order valence-corrected chi connectivity index (χ4v) is 6.64. The molecule has 4 rings (SSSR count). The van der Waals surface area contributed by atoms with Gasteiger partial charge >= 0.3 is 23.6 Å². The number of aromatic nitrogens is 4. The number of hydrogen-bond acceptors (Lipinski definition) is 16. The molecule has 0 spiro atoms. The molecule has 306 valence electrons. The number of anilines is 2. The van der Waals surface area contributed by atoms with Gasteiger partial charge in [0.15, 0.2) is 27.6 Å². The molecule has 2 fully saturated rings. The molecular weight excluding hydrogens is 837 g/mol. The standard InChI is InChI=1S/C12H16FN3O4S.C10H16O5S.C8H14FN3Si.CHCl3/c1-2-3-9(17)19-5-10-20-8(6-21-10)16-4-7(13)11(14)15-12(16)18;1-3-4-8(12)13-5-10-15-9(6-16-10)14-7(2)11;1-6-10-5-7(9)8(11-6)12-13(2,3)4;2-1(3)4/h4,8,10H,2-3,5-6H2,1H3,(H2,14,15,18);9-10H,3-6H2,1-2H3;5H,1-4H3,(H,10,11,12);1H/t8-,10+;;;/m0.../s1. The molecule has 0 aliphatic carbocycles. The van der Waals surface area contributed by atoms with Gasteiger partial charge in [0.2, 0.25) is 6.29 Å². The van der Waals surface area contributed by atoms with Crippen LogP contribution < -0.4 is 16.4 Å². The van der Waals surface area contributed by atoms with Gasteiger partial charge in [0.05, 0.1) is 18.1 Å². The van der Waals surface area contributed by atoms with Gasteiger partial charge in [-0.3, -0.25) is 19.0 Å². The first-order chi connectivity index (χ1) is 25.2. The number of aryl methyl sites for hydroxylation is 1. The molecule has 23 heteroatoms. The van der Waals surface area contributed by atoms with E-state index in [-0.39, 0.29) is 47.8 Å². The summed E-state index contributed by atoms with van der Waals surface area (Å²) in [5.41, 5.74) is 3.93. The van der Waals surface area contributed by atoms with E-state index in [0.29, 0.717) is 42.4 Å². The van der Waals surface area contributed by atoms with Gasteiger partial charge in [0.25, 0.3) is 0 Å². The highest BCUT2D eigenvalue weighted by Crippen LogP contribution is 2.31. The average Bonchev–Trinajstić information content (AvgIpc) is 3.72. The first-order valence-corrected chi connectivity index (χ1v) is 23.4. The SMILES string of the molecule is CCCC(=O)OCC1OC(OC(C)=O)CS1.CCCC(=O)OC[C@@H]1O[C@H](n2cc(F)c(N)nc2=O)CS1.Cc1ncc(F)c(N[Si](C)(C)C)n1.ClC(Cl)Cl. The van der Waals surface area contributed by atoms with Gasteiger partial charge in [-0.15, -0.1) is 23.5 Å². The van der Waals surface area contributed by atoms with Gasteiger partial charge in [-0.2, -0.15) is 4.98 Å². The predicted molar refractivity (Wildman–Crippen MR) is 209 cm³/mol. The van der Waals surface area contributed by atoms with E-state index in [9.17, 15) is 28.0 Å². The number of carbonyl (C=O) groups excluding carboxylic acids is 3. The number of nitrogens with two attached hydrogens (primary N) is 1. The van der Waals surface area contributed by atoms with Gasteiger partial charge in [0.1, 0.15) is 44.4 Å². The molecule has 4 heterocycles. The maximum atomic E-state index is 13.4. The van der Waals surface area contributed by atoms with Gasteiger partial charge in [-0.1, -0.05) is 68.3 Å². The van der Waals surface area contributed by atoms with E-state index in [1.807, 2.05) is 13.8 Å². The summed E-state index contributed by atoms with van der Waals surface area (Å²) in [6, 6.07) is 0. The third kappa shape index (κ3) is 21.6. The van der Waals surface area contributed by atoms with E-state index in [4.69, 9.17) is 64.2 Å². The van der Waals surface area contributed by atoms with E-state index in [0.717, 1.165) is 17.2 Å². The molecule has 2 aromatic heterocycles. The second kappa shape index (κ2) is 25.6. The summed E-state index contributed by atoms with van der Waals surface area (Å²) >= 11 is 17.3. The molecular formula is C31H47Cl3F2N6O9S2Si. The van der Waals surface area contributed by atoms with Crippen molar-refractivity contribution in [2.45, 2.75) is 101 Å². The van der Waals surface area contributed by atoms with E-state index >= 15 is 0 Å². The highest BCUT2D eigenvalue weighted by Gasteiger charge is 2.30. The van der Waals surface area contributed by atoms with Gasteiger partial charge in [-0.05, 0) is 19.8 Å². The summed E-state index contributed by atoms with van der Waals surface area (Å²) in [5, 5.41) is 0. The van der Waals surface area contributed by atoms with E-state index < -0.39 is 42.4 Å². The summed E-state index contributed by atoms with van der Waals surface area (Å²) < 4.78 is 52.6. The number of nitrogens with one attached hydrogen (secondary N) is 1. The zero-order valence-corrected chi connectivity index (χ0v) is 35.8. The zero-order valence-electron chi connectivity index (χ0n) is 30.9. The lowest BCUT2D eigenvalue weighted by Gasteiger charge is -2.18. The number of nitrogens with zero attached hydrogens (tertiary/aromatic N) is 4. The summed E-state index contributed by atoms with van der Waals surface area (Å²) in [6.07, 6.45) is 3.27. The monoisotopic (exact) mass is 882 g/mol. The maximum absolute atomic E-state index is 13.4. The Balaban J connectivity index is 0.000000395. The molecule has 0 aromatic carbocycles. The van der Waals surface area contributed by atoms with Crippen LogP contribution in [-0.4, -0.2) is 91.8 Å². The van der Waals surface area contributed by atoms with Crippen molar-refractivity contribution >= 4 is 96.1 Å². The molecule has 4 atom stereocenters. The Bertz CT molecular complexity index is 1550. The topological polar surface area (TPSA) is 196 Å². The predicted octanol–water partition coefficient (Wildman–Crippen LogP) is 6.36. The van der Waals surface area contributed by atoms with E-state index in [1.54, 1.807) is 6.92 Å². The first kappa shape index (κ1) is 49.6. The lowest BCUT2D eigenvalue weighted by Crippen LogP contribution is -2.33. The van der Waals surface area contributed by atoms with Crippen molar-refractivity contribution in [3.63, 3.8) is 0 Å². The van der Waals surface area contributed by atoms with Crippen LogP contribution in [0.25, 0.3) is 0 Å². The van der Waals surface area contributed by atoms with Crippen molar-refractivity contribution in [3.05, 3.63) is 40.3 Å². The number of halogens is 5. The van der Waals surface area contributed by atoms with Crippen molar-refractivity contribution in [2.75, 3.05) is 35.4 Å². The van der Waals surface area contributed by atoms with Crippen LogP contribution in [0.2, 0.25) is 19.6 Å². The Hall–Kier alpha value is -2.46. The second-order valence-electron chi connectivity index (χ2n) is 12.1. The molecule has 15 nitrogen and oxygen atoms in total. The van der Waals surface area contributed by atoms with Gasteiger partial charge in [-0.25, -0.2) is 23.5 Å². The smallest absolute Gasteiger partial charge is 0.351 e. The first-order valence-electron chi connectivity index (χ1n) is 16.5. The van der Waals surface area contributed by atoms with Crippen molar-refractivity contribution in [1.82, 2.24) is 19.5 Å². The van der Waals surface area contributed by atoms with Crippen LogP contribution in [0, 0.1) is 18.6 Å². The maximum Gasteiger partial charge on any atom is 0.351 e. The third-order valence-electron chi connectivity index (χ3n) is 6.02. The zero-order chi connectivity index (χ0) is 41.0. The number of alkyl halides is 3. The number of esters is 3. The Labute approximate surface area is 337 Å². The number of ether oxygens (including phenoxy) is 5. The second-order valence-corrected chi connectivity index (χ2v) is 21.2. The number of carbonyl (C=O) groups is 3. The average molecular weight is 884 g/mol. The number of rotatable bonds is 12. The number of hydrogen-bond donors (Lipinski definition) is 2. The Morgan fingerprint density at radius 1 is 1.00 bits per heavy atom. The van der Waals surface area contributed by atoms with Crippen LogP contribution in [0.3, 0.4) is 0 Å². The van der Waals surface area contributed by atoms with Gasteiger partial charge in [0, 0.05) is 25.5 Å². The summed E-state index contributed by atoms with van der Waals surface area (Å²) in [7, 11) is -1.53. The van der Waals surface area contributed by atoms with Crippen molar-refractivity contribution in [1.29, 1.82) is 0 Å². The van der Waals surface area contributed by atoms with E-state index in [1.165, 1.54) is 36.6 Å². The normalized spacial score (nSPS) is 18.9. The van der Waals surface area contributed by atoms with Crippen LogP contribution in [0.4, 0.5) is 20.4 Å². The van der Waals surface area contributed by atoms with Crippen LogP contribution >= 0.6 is 58.3 Å². The van der Waals surface area contributed by atoms with Crippen molar-refractivity contribution in [3.8, 4) is 0 Å². The molecule has 2 aliphatic rings.